The van der Waals surface area contributed by atoms with Gasteiger partial charge < -0.3 is 14.5 Å². The molecule has 1 N–H and O–H groups in total. The third-order valence-electron chi connectivity index (χ3n) is 6.11. The van der Waals surface area contributed by atoms with Crippen LogP contribution in [0.25, 0.3) is 4.85 Å². The Labute approximate surface area is 200 Å². The summed E-state index contributed by atoms with van der Waals surface area (Å²) < 4.78 is 26.9. The first-order valence-corrected chi connectivity index (χ1v) is 11.8. The molecule has 172 valence electrons. The van der Waals surface area contributed by atoms with Gasteiger partial charge in [0.15, 0.2) is 10.9 Å². The van der Waals surface area contributed by atoms with Crippen LogP contribution in [0.1, 0.15) is 40.0 Å². The molecule has 1 saturated heterocycles. The summed E-state index contributed by atoms with van der Waals surface area (Å²) in [7, 11) is 0. The Morgan fingerprint density at radius 1 is 1.29 bits per heavy atom. The molecule has 5 rings (SSSR count). The van der Waals surface area contributed by atoms with E-state index in [-0.39, 0.29) is 24.5 Å². The van der Waals surface area contributed by atoms with Crippen LogP contribution in [0.15, 0.2) is 64.2 Å². The SMILES string of the molecule is [C-]#[N+]c1ccc(F)c([C@]23CO[C@@H](c4nc(C)co4)C[C@H]2CSC(NC(=O)c2ccccc2)=N3)c1. The lowest BCUT2D eigenvalue weighted by atomic mass is 9.75. The van der Waals surface area contributed by atoms with E-state index in [0.29, 0.717) is 40.0 Å². The van der Waals surface area contributed by atoms with Gasteiger partial charge in [-0.05, 0) is 37.6 Å². The summed E-state index contributed by atoms with van der Waals surface area (Å²) in [5.41, 5.74) is 0.779. The highest BCUT2D eigenvalue weighted by Crippen LogP contribution is 2.50. The van der Waals surface area contributed by atoms with Gasteiger partial charge in [0.25, 0.3) is 5.91 Å². The molecule has 34 heavy (non-hydrogen) atoms. The summed E-state index contributed by atoms with van der Waals surface area (Å²) in [6, 6.07) is 13.1. The number of amides is 1. The molecule has 7 nitrogen and oxygen atoms in total. The second-order valence-electron chi connectivity index (χ2n) is 8.31. The van der Waals surface area contributed by atoms with Gasteiger partial charge in [-0.15, -0.1) is 0 Å². The average molecular weight is 477 g/mol. The quantitative estimate of drug-likeness (QED) is 0.527. The van der Waals surface area contributed by atoms with E-state index in [1.807, 2.05) is 13.0 Å². The summed E-state index contributed by atoms with van der Waals surface area (Å²) in [6.07, 6.45) is 1.71. The fourth-order valence-electron chi connectivity index (χ4n) is 4.38. The summed E-state index contributed by atoms with van der Waals surface area (Å²) in [5, 5.41) is 3.26. The van der Waals surface area contributed by atoms with Crippen LogP contribution in [0.3, 0.4) is 0 Å². The van der Waals surface area contributed by atoms with Gasteiger partial charge in [0, 0.05) is 22.8 Å². The predicted molar refractivity (Wildman–Crippen MR) is 126 cm³/mol. The second-order valence-corrected chi connectivity index (χ2v) is 9.32. The van der Waals surface area contributed by atoms with Gasteiger partial charge in [-0.3, -0.25) is 4.79 Å². The molecule has 0 radical (unpaired) electrons. The van der Waals surface area contributed by atoms with E-state index >= 15 is 4.39 Å². The third kappa shape index (κ3) is 4.11. The second kappa shape index (κ2) is 9.05. The minimum Gasteiger partial charge on any atom is -0.446 e. The van der Waals surface area contributed by atoms with Gasteiger partial charge in [0.05, 0.1) is 18.9 Å². The summed E-state index contributed by atoms with van der Waals surface area (Å²) in [6.45, 7) is 9.29. The minimum absolute atomic E-state index is 0.0629. The van der Waals surface area contributed by atoms with Crippen molar-refractivity contribution in [1.82, 2.24) is 10.3 Å². The molecular formula is C25H21FN4O3S. The molecule has 3 heterocycles. The zero-order valence-corrected chi connectivity index (χ0v) is 19.1. The van der Waals surface area contributed by atoms with Gasteiger partial charge in [-0.1, -0.05) is 36.0 Å². The Morgan fingerprint density at radius 2 is 2.12 bits per heavy atom. The van der Waals surface area contributed by atoms with Crippen molar-refractivity contribution >= 4 is 28.5 Å². The van der Waals surface area contributed by atoms with E-state index in [4.69, 9.17) is 20.7 Å². The Kier molecular flexibility index (Phi) is 5.94. The molecule has 3 atom stereocenters. The van der Waals surface area contributed by atoms with E-state index in [1.165, 1.54) is 30.0 Å². The molecule has 9 heteroatoms. The highest BCUT2D eigenvalue weighted by molar-refractivity contribution is 8.13. The fourth-order valence-corrected chi connectivity index (χ4v) is 5.54. The number of aromatic nitrogens is 1. The number of hydrogen-bond acceptors (Lipinski definition) is 6. The first-order valence-electron chi connectivity index (χ1n) is 10.8. The zero-order chi connectivity index (χ0) is 23.7. The number of halogens is 1. The zero-order valence-electron chi connectivity index (χ0n) is 18.3. The van der Waals surface area contributed by atoms with Crippen molar-refractivity contribution in [2.45, 2.75) is 25.0 Å². The number of ether oxygens (including phenoxy) is 1. The fraction of sp³-hybridized carbons (Fsp3) is 0.280. The minimum atomic E-state index is -1.09. The first-order chi connectivity index (χ1) is 16.5. The van der Waals surface area contributed by atoms with Crippen molar-refractivity contribution in [2.75, 3.05) is 12.4 Å². The molecular weight excluding hydrogens is 455 g/mol. The van der Waals surface area contributed by atoms with Crippen LogP contribution >= 0.6 is 11.8 Å². The average Bonchev–Trinajstić information content (AvgIpc) is 3.30. The normalized spacial score (nSPS) is 24.0. The van der Waals surface area contributed by atoms with Crippen LogP contribution in [0.4, 0.5) is 10.1 Å². The van der Waals surface area contributed by atoms with Gasteiger partial charge in [-0.2, -0.15) is 0 Å². The van der Waals surface area contributed by atoms with Crippen molar-refractivity contribution in [3.8, 4) is 0 Å². The van der Waals surface area contributed by atoms with E-state index in [9.17, 15) is 4.79 Å². The number of aryl methyl sites for hydroxylation is 1. The first kappa shape index (κ1) is 22.3. The number of carbonyl (C=O) groups is 1. The van der Waals surface area contributed by atoms with Crippen LogP contribution in [0.2, 0.25) is 0 Å². The van der Waals surface area contributed by atoms with E-state index < -0.39 is 11.4 Å². The number of fused-ring (bicyclic) bond motifs is 1. The number of aliphatic imine (C=N–C) groups is 1. The standard InChI is InChI=1S/C25H21FN4O3S/c1-15-12-32-23(28-15)21-10-17-13-34-24(29-22(31)16-6-4-3-5-7-16)30-25(17,14-33-21)19-11-18(27-2)8-9-20(19)26/h3-9,11-12,17,21H,10,13-14H2,1H3,(H,29,30,31)/t17-,21+,25-/m0/s1. The molecule has 0 aliphatic carbocycles. The number of thioether (sulfide) groups is 1. The highest BCUT2D eigenvalue weighted by Gasteiger charge is 2.50. The molecule has 0 saturated carbocycles. The van der Waals surface area contributed by atoms with Crippen LogP contribution in [0, 0.1) is 25.2 Å². The smallest absolute Gasteiger partial charge is 0.257 e. The number of amidine groups is 1. The van der Waals surface area contributed by atoms with E-state index in [0.717, 1.165) is 5.69 Å². The van der Waals surface area contributed by atoms with Crippen molar-refractivity contribution < 1.29 is 18.3 Å². The lowest BCUT2D eigenvalue weighted by Crippen LogP contribution is -2.49. The maximum atomic E-state index is 15.2. The lowest BCUT2D eigenvalue weighted by molar-refractivity contribution is -0.0697. The van der Waals surface area contributed by atoms with E-state index in [2.05, 4.69) is 15.1 Å². The Morgan fingerprint density at radius 3 is 2.85 bits per heavy atom. The van der Waals surface area contributed by atoms with Crippen molar-refractivity contribution in [1.29, 1.82) is 0 Å². The van der Waals surface area contributed by atoms with Gasteiger partial charge >= 0.3 is 0 Å². The molecule has 2 aliphatic rings. The Bertz CT molecular complexity index is 1300. The number of rotatable bonds is 3. The molecule has 1 fully saturated rings. The molecule has 0 bridgehead atoms. The number of nitrogens with zero attached hydrogens (tertiary/aromatic N) is 3. The summed E-state index contributed by atoms with van der Waals surface area (Å²) in [5.74, 6) is 0.182. The molecule has 0 unspecified atom stereocenters. The third-order valence-corrected chi connectivity index (χ3v) is 7.15. The number of hydrogen-bond donors (Lipinski definition) is 1. The highest BCUT2D eigenvalue weighted by atomic mass is 32.2. The van der Waals surface area contributed by atoms with E-state index in [1.54, 1.807) is 30.5 Å². The molecule has 0 spiro atoms. The Hall–Kier alpha value is -3.48. The van der Waals surface area contributed by atoms with Crippen molar-refractivity contribution in [3.63, 3.8) is 0 Å². The topological polar surface area (TPSA) is 81.1 Å². The Balaban J connectivity index is 1.52. The van der Waals surface area contributed by atoms with Crippen molar-refractivity contribution in [2.24, 2.45) is 10.9 Å². The molecule has 3 aromatic rings. The monoisotopic (exact) mass is 476 g/mol. The molecule has 2 aliphatic heterocycles. The summed E-state index contributed by atoms with van der Waals surface area (Å²) >= 11 is 1.41. The molecule has 1 aromatic heterocycles. The molecule has 1 amide bonds. The van der Waals surface area contributed by atoms with Gasteiger partial charge in [0.1, 0.15) is 23.7 Å². The van der Waals surface area contributed by atoms with Gasteiger partial charge in [0.2, 0.25) is 5.89 Å². The lowest BCUT2D eigenvalue weighted by Gasteiger charge is -2.46. The maximum Gasteiger partial charge on any atom is 0.257 e. The summed E-state index contributed by atoms with van der Waals surface area (Å²) in [4.78, 5) is 25.5. The van der Waals surface area contributed by atoms with Gasteiger partial charge in [-0.25, -0.2) is 19.2 Å². The predicted octanol–water partition coefficient (Wildman–Crippen LogP) is 5.18. The number of oxazole rings is 1. The number of benzene rings is 2. The van der Waals surface area contributed by atoms with Crippen LogP contribution < -0.4 is 5.32 Å². The largest absolute Gasteiger partial charge is 0.446 e. The van der Waals surface area contributed by atoms with Crippen molar-refractivity contribution in [3.05, 3.63) is 94.7 Å². The maximum absolute atomic E-state index is 15.2. The van der Waals surface area contributed by atoms with Crippen LogP contribution in [-0.2, 0) is 10.3 Å². The molecule has 2 aromatic carbocycles. The number of carbonyl (C=O) groups excluding carboxylic acids is 1. The number of nitrogens with one attached hydrogen (secondary N) is 1. The van der Waals surface area contributed by atoms with Crippen LogP contribution in [0.5, 0.6) is 0 Å². The van der Waals surface area contributed by atoms with Crippen LogP contribution in [-0.4, -0.2) is 28.4 Å².